The van der Waals surface area contributed by atoms with Crippen molar-refractivity contribution in [3.05, 3.63) is 34.5 Å². The van der Waals surface area contributed by atoms with Crippen molar-refractivity contribution in [2.45, 2.75) is 19.4 Å². The molecule has 0 spiro atoms. The van der Waals surface area contributed by atoms with E-state index in [2.05, 4.69) is 34.3 Å². The maximum Gasteiger partial charge on any atom is 0.0452 e. The van der Waals surface area contributed by atoms with Gasteiger partial charge in [-0.3, -0.25) is 0 Å². The predicted octanol–water partition coefficient (Wildman–Crippen LogP) is 2.30. The summed E-state index contributed by atoms with van der Waals surface area (Å²) in [5, 5.41) is 7.68. The molecule has 0 amide bonds. The second kappa shape index (κ2) is 6.76. The summed E-state index contributed by atoms with van der Waals surface area (Å²) in [6.07, 6.45) is 5.30. The molecule has 0 radical (unpaired) electrons. The summed E-state index contributed by atoms with van der Waals surface area (Å²) in [6, 6.07) is 2.44. The van der Waals surface area contributed by atoms with Crippen LogP contribution in [0.4, 0.5) is 0 Å². The lowest BCUT2D eigenvalue weighted by Crippen LogP contribution is -2.28. The lowest BCUT2D eigenvalue weighted by molar-refractivity contribution is 0.549. The van der Waals surface area contributed by atoms with Gasteiger partial charge in [-0.05, 0) is 42.3 Å². The van der Waals surface area contributed by atoms with Crippen molar-refractivity contribution < 1.29 is 0 Å². The first-order chi connectivity index (χ1) is 6.88. The molecule has 0 aromatic carbocycles. The SMILES string of the molecule is C/C=C/CCNC(CN)c1ccsc1. The van der Waals surface area contributed by atoms with Crippen LogP contribution in [0.2, 0.25) is 0 Å². The van der Waals surface area contributed by atoms with E-state index in [1.807, 2.05) is 6.92 Å². The first-order valence-electron chi connectivity index (χ1n) is 4.95. The molecule has 1 unspecified atom stereocenters. The van der Waals surface area contributed by atoms with Gasteiger partial charge in [-0.1, -0.05) is 12.2 Å². The normalized spacial score (nSPS) is 13.6. The van der Waals surface area contributed by atoms with E-state index in [0.717, 1.165) is 13.0 Å². The lowest BCUT2D eigenvalue weighted by Gasteiger charge is -2.14. The topological polar surface area (TPSA) is 38.0 Å². The van der Waals surface area contributed by atoms with E-state index in [-0.39, 0.29) is 0 Å². The maximum absolute atomic E-state index is 5.70. The van der Waals surface area contributed by atoms with Crippen LogP contribution in [-0.4, -0.2) is 13.1 Å². The quantitative estimate of drug-likeness (QED) is 0.558. The van der Waals surface area contributed by atoms with Crippen LogP contribution in [0.5, 0.6) is 0 Å². The second-order valence-electron chi connectivity index (χ2n) is 3.16. The molecule has 0 saturated carbocycles. The summed E-state index contributed by atoms with van der Waals surface area (Å²) in [5.41, 5.74) is 7.01. The van der Waals surface area contributed by atoms with E-state index in [1.54, 1.807) is 11.3 Å². The molecule has 1 atom stereocenters. The molecular weight excluding hydrogens is 192 g/mol. The average molecular weight is 210 g/mol. The van der Waals surface area contributed by atoms with E-state index in [0.29, 0.717) is 12.6 Å². The fourth-order valence-corrected chi connectivity index (χ4v) is 2.03. The van der Waals surface area contributed by atoms with Gasteiger partial charge in [-0.25, -0.2) is 0 Å². The zero-order valence-corrected chi connectivity index (χ0v) is 9.39. The highest BCUT2D eigenvalue weighted by atomic mass is 32.1. The van der Waals surface area contributed by atoms with Crippen LogP contribution < -0.4 is 11.1 Å². The molecule has 1 rings (SSSR count). The number of rotatable bonds is 6. The highest BCUT2D eigenvalue weighted by Crippen LogP contribution is 2.14. The zero-order valence-electron chi connectivity index (χ0n) is 8.57. The van der Waals surface area contributed by atoms with Crippen LogP contribution in [0.15, 0.2) is 29.0 Å². The van der Waals surface area contributed by atoms with Crippen LogP contribution in [-0.2, 0) is 0 Å². The smallest absolute Gasteiger partial charge is 0.0452 e. The Labute approximate surface area is 89.8 Å². The van der Waals surface area contributed by atoms with Crippen LogP contribution in [0.1, 0.15) is 24.9 Å². The Kier molecular flexibility index (Phi) is 5.52. The molecule has 0 aliphatic carbocycles. The second-order valence-corrected chi connectivity index (χ2v) is 3.94. The number of thiophene rings is 1. The summed E-state index contributed by atoms with van der Waals surface area (Å²) < 4.78 is 0. The van der Waals surface area contributed by atoms with Gasteiger partial charge in [0.1, 0.15) is 0 Å². The summed E-state index contributed by atoms with van der Waals surface area (Å²) in [5.74, 6) is 0. The molecule has 78 valence electrons. The predicted molar refractivity (Wildman–Crippen MR) is 63.5 cm³/mol. The van der Waals surface area contributed by atoms with Crippen molar-refractivity contribution >= 4 is 11.3 Å². The third-order valence-corrected chi connectivity index (χ3v) is 2.82. The summed E-state index contributed by atoms with van der Waals surface area (Å²) in [6.45, 7) is 3.69. The van der Waals surface area contributed by atoms with Gasteiger partial charge in [0, 0.05) is 12.6 Å². The number of nitrogens with one attached hydrogen (secondary N) is 1. The van der Waals surface area contributed by atoms with Crippen molar-refractivity contribution in [1.82, 2.24) is 5.32 Å². The zero-order chi connectivity index (χ0) is 10.2. The standard InChI is InChI=1S/C11H18N2S/c1-2-3-4-6-13-11(8-12)10-5-7-14-9-10/h2-3,5,7,9,11,13H,4,6,8,12H2,1H3/b3-2+. The molecule has 0 aliphatic heterocycles. The van der Waals surface area contributed by atoms with Crippen molar-refractivity contribution in [3.63, 3.8) is 0 Å². The van der Waals surface area contributed by atoms with Gasteiger partial charge in [-0.15, -0.1) is 0 Å². The Morgan fingerprint density at radius 2 is 2.50 bits per heavy atom. The van der Waals surface area contributed by atoms with Crippen LogP contribution >= 0.6 is 11.3 Å². The molecule has 0 fully saturated rings. The Balaban J connectivity index is 2.33. The number of nitrogens with two attached hydrogens (primary N) is 1. The van der Waals surface area contributed by atoms with Gasteiger partial charge in [0.15, 0.2) is 0 Å². The molecule has 1 heterocycles. The summed E-state index contributed by atoms with van der Waals surface area (Å²) >= 11 is 1.72. The first kappa shape index (κ1) is 11.4. The number of hydrogen-bond acceptors (Lipinski definition) is 3. The Bertz CT molecular complexity index is 254. The van der Waals surface area contributed by atoms with Gasteiger partial charge < -0.3 is 11.1 Å². The average Bonchev–Trinajstić information content (AvgIpc) is 2.71. The van der Waals surface area contributed by atoms with E-state index >= 15 is 0 Å². The van der Waals surface area contributed by atoms with Crippen LogP contribution in [0.3, 0.4) is 0 Å². The minimum atomic E-state index is 0.312. The van der Waals surface area contributed by atoms with Crippen LogP contribution in [0, 0.1) is 0 Å². The highest BCUT2D eigenvalue weighted by Gasteiger charge is 2.07. The van der Waals surface area contributed by atoms with Gasteiger partial charge in [0.05, 0.1) is 0 Å². The summed E-state index contributed by atoms with van der Waals surface area (Å²) in [7, 11) is 0. The molecule has 0 bridgehead atoms. The maximum atomic E-state index is 5.70. The Morgan fingerprint density at radius 1 is 1.64 bits per heavy atom. The van der Waals surface area contributed by atoms with Crippen molar-refractivity contribution in [2.24, 2.45) is 5.73 Å². The van der Waals surface area contributed by atoms with Gasteiger partial charge >= 0.3 is 0 Å². The highest BCUT2D eigenvalue weighted by molar-refractivity contribution is 7.07. The first-order valence-corrected chi connectivity index (χ1v) is 5.89. The third kappa shape index (κ3) is 3.62. The Morgan fingerprint density at radius 3 is 3.07 bits per heavy atom. The summed E-state index contributed by atoms with van der Waals surface area (Å²) in [4.78, 5) is 0. The fraction of sp³-hybridized carbons (Fsp3) is 0.455. The van der Waals surface area contributed by atoms with Crippen molar-refractivity contribution in [1.29, 1.82) is 0 Å². The van der Waals surface area contributed by atoms with Gasteiger partial charge in [0.2, 0.25) is 0 Å². The minimum absolute atomic E-state index is 0.312. The number of allylic oxidation sites excluding steroid dienone is 1. The Hall–Kier alpha value is -0.640. The van der Waals surface area contributed by atoms with Gasteiger partial charge in [0.25, 0.3) is 0 Å². The molecule has 1 aromatic rings. The molecule has 3 N–H and O–H groups in total. The molecule has 0 saturated heterocycles. The molecule has 1 aromatic heterocycles. The molecule has 14 heavy (non-hydrogen) atoms. The van der Waals surface area contributed by atoms with E-state index in [4.69, 9.17) is 5.73 Å². The van der Waals surface area contributed by atoms with Gasteiger partial charge in [-0.2, -0.15) is 11.3 Å². The van der Waals surface area contributed by atoms with E-state index in [1.165, 1.54) is 5.56 Å². The minimum Gasteiger partial charge on any atom is -0.329 e. The fourth-order valence-electron chi connectivity index (χ4n) is 1.32. The largest absolute Gasteiger partial charge is 0.329 e. The van der Waals surface area contributed by atoms with E-state index < -0.39 is 0 Å². The molecular formula is C11H18N2S. The third-order valence-electron chi connectivity index (χ3n) is 2.12. The van der Waals surface area contributed by atoms with E-state index in [9.17, 15) is 0 Å². The molecule has 2 nitrogen and oxygen atoms in total. The number of hydrogen-bond donors (Lipinski definition) is 2. The van der Waals surface area contributed by atoms with Crippen molar-refractivity contribution in [3.8, 4) is 0 Å². The molecule has 0 aliphatic rings. The lowest BCUT2D eigenvalue weighted by atomic mass is 10.1. The van der Waals surface area contributed by atoms with Crippen LogP contribution in [0.25, 0.3) is 0 Å². The molecule has 3 heteroatoms. The monoisotopic (exact) mass is 210 g/mol. The van der Waals surface area contributed by atoms with Crippen molar-refractivity contribution in [2.75, 3.05) is 13.1 Å².